The number of amides is 1. The minimum Gasteiger partial charge on any atom is -0.366 e. The monoisotopic (exact) mass is 622 g/mol. The number of aliphatic imine (C=N–C) groups is 1. The van der Waals surface area contributed by atoms with E-state index in [1.165, 1.54) is 21.3 Å². The van der Waals surface area contributed by atoms with Crippen LogP contribution < -0.4 is 5.32 Å². The summed E-state index contributed by atoms with van der Waals surface area (Å²) in [6.07, 6.45) is 1.89. The first-order valence-corrected chi connectivity index (χ1v) is 16.1. The van der Waals surface area contributed by atoms with E-state index in [1.807, 2.05) is 13.8 Å². The highest BCUT2D eigenvalue weighted by molar-refractivity contribution is 7.89. The number of likely N-dealkylation sites (tertiary alicyclic amines) is 1. The molecule has 1 saturated heterocycles. The van der Waals surface area contributed by atoms with Crippen molar-refractivity contribution in [2.45, 2.75) is 80.4 Å². The smallest absolute Gasteiger partial charge is 0.265 e. The molecule has 0 spiro atoms. The van der Waals surface area contributed by atoms with E-state index in [-0.39, 0.29) is 47.7 Å². The molecule has 0 aromatic heterocycles. The van der Waals surface area contributed by atoms with Gasteiger partial charge >= 0.3 is 0 Å². The Morgan fingerprint density at radius 1 is 1.17 bits per heavy atom. The van der Waals surface area contributed by atoms with Crippen molar-refractivity contribution in [1.82, 2.24) is 14.5 Å². The van der Waals surface area contributed by atoms with E-state index in [0.717, 1.165) is 6.42 Å². The Morgan fingerprint density at radius 3 is 2.52 bits per heavy atom. The van der Waals surface area contributed by atoms with Gasteiger partial charge in [-0.05, 0) is 75.3 Å². The minimum absolute atomic E-state index is 0.0236. The molecule has 42 heavy (non-hydrogen) atoms. The molecule has 4 atom stereocenters. The number of rotatable bonds is 7. The molecule has 2 aromatic carbocycles. The number of hydrogen-bond acceptors (Lipinski definition) is 5. The van der Waals surface area contributed by atoms with Crippen LogP contribution in [0.5, 0.6) is 0 Å². The van der Waals surface area contributed by atoms with Gasteiger partial charge in [-0.2, -0.15) is 4.31 Å². The Labute approximate surface area is 249 Å². The fourth-order valence-corrected chi connectivity index (χ4v) is 9.12. The molecule has 2 aromatic rings. The first-order chi connectivity index (χ1) is 19.7. The van der Waals surface area contributed by atoms with Crippen LogP contribution in [0, 0.1) is 17.7 Å². The van der Waals surface area contributed by atoms with Gasteiger partial charge in [0.25, 0.3) is 5.92 Å². The van der Waals surface area contributed by atoms with Crippen LogP contribution in [-0.2, 0) is 21.4 Å². The Kier molecular flexibility index (Phi) is 7.17. The molecule has 2 aliphatic carbocycles. The predicted molar refractivity (Wildman–Crippen MR) is 153 cm³/mol. The largest absolute Gasteiger partial charge is 0.366 e. The molecule has 3 fully saturated rings. The molecular weight excluding hydrogens is 589 g/mol. The SMILES string of the molecule is CC1(C)NC(C2CC3(N(Cc4ccc(Cl)c(F)c4)S(=O)(=O)c4ccccc4)CCC23)=N[C@H]1C(=O)N1CCCC(F)(F)C1. The van der Waals surface area contributed by atoms with Crippen LogP contribution in [-0.4, -0.2) is 65.5 Å². The summed E-state index contributed by atoms with van der Waals surface area (Å²) >= 11 is 5.89. The molecule has 0 bridgehead atoms. The van der Waals surface area contributed by atoms with Gasteiger partial charge in [-0.25, -0.2) is 21.6 Å². The number of fused-ring (bicyclic) bond motifs is 1. The fraction of sp³-hybridized carbons (Fsp3) is 0.533. The first-order valence-electron chi connectivity index (χ1n) is 14.3. The van der Waals surface area contributed by atoms with Crippen LogP contribution in [0.1, 0.15) is 51.5 Å². The van der Waals surface area contributed by atoms with E-state index >= 15 is 0 Å². The number of amidine groups is 1. The molecule has 6 rings (SSSR count). The second kappa shape index (κ2) is 10.2. The number of carbonyl (C=O) groups excluding carboxylic acids is 1. The van der Waals surface area contributed by atoms with Crippen molar-refractivity contribution in [3.05, 3.63) is 64.9 Å². The lowest BCUT2D eigenvalue weighted by molar-refractivity contribution is -0.144. The average molecular weight is 623 g/mol. The summed E-state index contributed by atoms with van der Waals surface area (Å²) < 4.78 is 72.1. The first kappa shape index (κ1) is 29.4. The van der Waals surface area contributed by atoms with Gasteiger partial charge in [-0.1, -0.05) is 35.9 Å². The van der Waals surface area contributed by atoms with Gasteiger partial charge in [0.15, 0.2) is 6.04 Å². The van der Waals surface area contributed by atoms with Crippen molar-refractivity contribution in [2.75, 3.05) is 13.1 Å². The molecule has 3 unspecified atom stereocenters. The maximum atomic E-state index is 14.4. The summed E-state index contributed by atoms with van der Waals surface area (Å²) in [6.45, 7) is 3.32. The van der Waals surface area contributed by atoms with Gasteiger partial charge in [-0.3, -0.25) is 9.79 Å². The topological polar surface area (TPSA) is 82.1 Å². The van der Waals surface area contributed by atoms with E-state index in [1.54, 1.807) is 36.4 Å². The number of nitrogens with one attached hydrogen (secondary N) is 1. The third kappa shape index (κ3) is 4.91. The van der Waals surface area contributed by atoms with E-state index in [2.05, 4.69) is 5.32 Å². The van der Waals surface area contributed by atoms with Crippen molar-refractivity contribution in [2.24, 2.45) is 16.8 Å². The van der Waals surface area contributed by atoms with Crippen molar-refractivity contribution >= 4 is 33.4 Å². The summed E-state index contributed by atoms with van der Waals surface area (Å²) in [5.41, 5.74) is -0.986. The lowest BCUT2D eigenvalue weighted by Gasteiger charge is -2.66. The van der Waals surface area contributed by atoms with E-state index in [4.69, 9.17) is 16.6 Å². The lowest BCUT2D eigenvalue weighted by Crippen LogP contribution is -2.73. The molecular formula is C30H34ClF3N4O3S. The van der Waals surface area contributed by atoms with Gasteiger partial charge in [0.05, 0.1) is 22.0 Å². The predicted octanol–water partition coefficient (Wildman–Crippen LogP) is 5.25. The molecule has 1 amide bonds. The van der Waals surface area contributed by atoms with Crippen molar-refractivity contribution < 1.29 is 26.4 Å². The van der Waals surface area contributed by atoms with Crippen LogP contribution in [0.25, 0.3) is 0 Å². The van der Waals surface area contributed by atoms with Crippen LogP contribution in [0.4, 0.5) is 13.2 Å². The summed E-state index contributed by atoms with van der Waals surface area (Å²) in [7, 11) is -3.96. The van der Waals surface area contributed by atoms with Crippen molar-refractivity contribution in [1.29, 1.82) is 0 Å². The zero-order chi connectivity index (χ0) is 30.1. The number of sulfonamides is 1. The highest BCUT2D eigenvalue weighted by atomic mass is 35.5. The molecule has 2 saturated carbocycles. The zero-order valence-electron chi connectivity index (χ0n) is 23.5. The van der Waals surface area contributed by atoms with Crippen molar-refractivity contribution in [3.63, 3.8) is 0 Å². The number of carbonyl (C=O) groups is 1. The fourth-order valence-electron chi connectivity index (χ4n) is 7.15. The Hall–Kier alpha value is -2.63. The van der Waals surface area contributed by atoms with Gasteiger partial charge in [-0.15, -0.1) is 0 Å². The molecule has 0 radical (unpaired) electrons. The van der Waals surface area contributed by atoms with Crippen LogP contribution in [0.2, 0.25) is 5.02 Å². The third-order valence-electron chi connectivity index (χ3n) is 9.47. The second-order valence-corrected chi connectivity index (χ2v) is 14.9. The summed E-state index contributed by atoms with van der Waals surface area (Å²) in [6, 6.07) is 11.7. The van der Waals surface area contributed by atoms with Gasteiger partial charge in [0.1, 0.15) is 11.7 Å². The third-order valence-corrected chi connectivity index (χ3v) is 11.7. The van der Waals surface area contributed by atoms with E-state index in [9.17, 15) is 26.4 Å². The van der Waals surface area contributed by atoms with Crippen LogP contribution in [0.3, 0.4) is 0 Å². The number of alkyl halides is 2. The highest BCUT2D eigenvalue weighted by Gasteiger charge is 2.67. The van der Waals surface area contributed by atoms with Crippen molar-refractivity contribution in [3.8, 4) is 0 Å². The molecule has 12 heteroatoms. The highest BCUT2D eigenvalue weighted by Crippen LogP contribution is 2.63. The molecule has 4 aliphatic rings. The summed E-state index contributed by atoms with van der Waals surface area (Å²) in [4.78, 5) is 19.5. The number of benzene rings is 2. The quantitative estimate of drug-likeness (QED) is 0.458. The number of nitrogens with zero attached hydrogens (tertiary/aromatic N) is 3. The molecule has 7 nitrogen and oxygen atoms in total. The van der Waals surface area contributed by atoms with Crippen LogP contribution >= 0.6 is 11.6 Å². The van der Waals surface area contributed by atoms with Gasteiger partial charge < -0.3 is 10.2 Å². The summed E-state index contributed by atoms with van der Waals surface area (Å²) in [5.74, 6) is -3.50. The minimum atomic E-state index is -3.96. The molecule has 226 valence electrons. The van der Waals surface area contributed by atoms with Gasteiger partial charge in [0.2, 0.25) is 15.9 Å². The van der Waals surface area contributed by atoms with E-state index < -0.39 is 51.3 Å². The molecule has 1 N–H and O–H groups in total. The zero-order valence-corrected chi connectivity index (χ0v) is 25.1. The average Bonchev–Trinajstić information content (AvgIpc) is 3.25. The number of halogens is 4. The summed E-state index contributed by atoms with van der Waals surface area (Å²) in [5, 5.41) is 3.34. The lowest BCUT2D eigenvalue weighted by atomic mass is 9.47. The normalized spacial score (nSPS) is 29.6. The maximum absolute atomic E-state index is 14.4. The van der Waals surface area contributed by atoms with Gasteiger partial charge in [0, 0.05) is 31.0 Å². The second-order valence-electron chi connectivity index (χ2n) is 12.6. The maximum Gasteiger partial charge on any atom is 0.265 e. The van der Waals surface area contributed by atoms with Crippen LogP contribution in [0.15, 0.2) is 58.4 Å². The standard InChI is InChI=1S/C30H34ClF3N4O3S/c1-28(2)25(27(39)37-14-6-12-30(33,34)18-37)35-26(36-28)21-16-29(13-11-22(21)29)38(17-19-9-10-23(31)24(32)15-19)42(40,41)20-7-4-3-5-8-20/h3-5,7-10,15,21-22,25H,6,11-14,16-18H2,1-2H3,(H,35,36)/t21?,22?,25-,29?/m0/s1. The van der Waals surface area contributed by atoms with E-state index in [0.29, 0.717) is 24.2 Å². The Balaban J connectivity index is 1.28. The Morgan fingerprint density at radius 2 is 1.90 bits per heavy atom. The molecule has 2 heterocycles. The molecule has 2 aliphatic heterocycles. The Bertz CT molecular complexity index is 1540. The number of hydrogen-bond donors (Lipinski definition) is 1. The number of piperidine rings is 1.